The highest BCUT2D eigenvalue weighted by molar-refractivity contribution is 5.94. The molecular formula is C17H25NO3. The Balaban J connectivity index is 1.68. The van der Waals surface area contributed by atoms with Crippen molar-refractivity contribution in [3.05, 3.63) is 29.8 Å². The summed E-state index contributed by atoms with van der Waals surface area (Å²) in [6, 6.07) is 7.10. The number of hydrogen-bond donors (Lipinski definition) is 1. The largest absolute Gasteiger partial charge is 0.497 e. The third kappa shape index (κ3) is 4.74. The van der Waals surface area contributed by atoms with Gasteiger partial charge in [0.15, 0.2) is 0 Å². The number of hydrogen-bond acceptors (Lipinski definition) is 3. The van der Waals surface area contributed by atoms with Crippen molar-refractivity contribution in [1.82, 2.24) is 5.32 Å². The summed E-state index contributed by atoms with van der Waals surface area (Å²) in [5.41, 5.74) is 0.641. The van der Waals surface area contributed by atoms with Crippen molar-refractivity contribution in [1.29, 1.82) is 0 Å². The second kappa shape index (κ2) is 8.03. The zero-order valence-electron chi connectivity index (χ0n) is 12.9. The Morgan fingerprint density at radius 2 is 1.95 bits per heavy atom. The molecule has 1 aliphatic carbocycles. The van der Waals surface area contributed by atoms with E-state index in [2.05, 4.69) is 12.2 Å². The van der Waals surface area contributed by atoms with E-state index in [4.69, 9.17) is 9.47 Å². The first-order valence-corrected chi connectivity index (χ1v) is 7.74. The van der Waals surface area contributed by atoms with E-state index < -0.39 is 0 Å². The Morgan fingerprint density at radius 3 is 2.62 bits per heavy atom. The lowest BCUT2D eigenvalue weighted by atomic mass is 9.88. The molecule has 1 aliphatic rings. The van der Waals surface area contributed by atoms with Gasteiger partial charge in [-0.1, -0.05) is 19.8 Å². The van der Waals surface area contributed by atoms with Crippen LogP contribution < -0.4 is 10.1 Å². The van der Waals surface area contributed by atoms with E-state index in [9.17, 15) is 4.79 Å². The topological polar surface area (TPSA) is 47.6 Å². The summed E-state index contributed by atoms with van der Waals surface area (Å²) in [5, 5.41) is 2.89. The lowest BCUT2D eigenvalue weighted by Crippen LogP contribution is -2.31. The minimum atomic E-state index is -0.0713. The van der Waals surface area contributed by atoms with Crippen molar-refractivity contribution >= 4 is 5.91 Å². The van der Waals surface area contributed by atoms with Crippen LogP contribution in [0.25, 0.3) is 0 Å². The van der Waals surface area contributed by atoms with Gasteiger partial charge in [0.05, 0.1) is 19.8 Å². The normalized spacial score (nSPS) is 21.8. The van der Waals surface area contributed by atoms with E-state index in [0.29, 0.717) is 30.7 Å². The second-order valence-electron chi connectivity index (χ2n) is 5.66. The van der Waals surface area contributed by atoms with Crippen LogP contribution in [0, 0.1) is 5.92 Å². The number of amides is 1. The summed E-state index contributed by atoms with van der Waals surface area (Å²) in [4.78, 5) is 12.0. The zero-order chi connectivity index (χ0) is 15.1. The molecule has 0 spiro atoms. The van der Waals surface area contributed by atoms with E-state index in [0.717, 1.165) is 12.2 Å². The molecule has 1 amide bonds. The molecule has 0 saturated heterocycles. The van der Waals surface area contributed by atoms with Gasteiger partial charge in [0.2, 0.25) is 0 Å². The molecule has 21 heavy (non-hydrogen) atoms. The van der Waals surface area contributed by atoms with Gasteiger partial charge in [-0.05, 0) is 43.0 Å². The van der Waals surface area contributed by atoms with Crippen molar-refractivity contribution in [3.63, 3.8) is 0 Å². The first kappa shape index (κ1) is 15.8. The van der Waals surface area contributed by atoms with Gasteiger partial charge in [-0.15, -0.1) is 0 Å². The zero-order valence-corrected chi connectivity index (χ0v) is 12.9. The van der Waals surface area contributed by atoms with Crippen LogP contribution in [0.1, 0.15) is 43.0 Å². The average Bonchev–Trinajstić information content (AvgIpc) is 2.53. The predicted molar refractivity (Wildman–Crippen MR) is 82.7 cm³/mol. The number of ether oxygens (including phenoxy) is 2. The molecule has 116 valence electrons. The van der Waals surface area contributed by atoms with Gasteiger partial charge in [0.25, 0.3) is 5.91 Å². The van der Waals surface area contributed by atoms with Crippen LogP contribution in [0.4, 0.5) is 0 Å². The number of carbonyl (C=O) groups excluding carboxylic acids is 1. The molecule has 1 aromatic rings. The van der Waals surface area contributed by atoms with Crippen LogP contribution >= 0.6 is 0 Å². The number of rotatable bonds is 6. The lowest BCUT2D eigenvalue weighted by Gasteiger charge is -2.28. The average molecular weight is 291 g/mol. The first-order valence-electron chi connectivity index (χ1n) is 7.74. The number of methoxy groups -OCH3 is 1. The number of nitrogens with one attached hydrogen (secondary N) is 1. The molecule has 0 aromatic heterocycles. The highest BCUT2D eigenvalue weighted by Gasteiger charge is 2.21. The van der Waals surface area contributed by atoms with Crippen LogP contribution in [-0.4, -0.2) is 32.3 Å². The van der Waals surface area contributed by atoms with E-state index in [1.54, 1.807) is 31.4 Å². The van der Waals surface area contributed by atoms with Gasteiger partial charge in [0.1, 0.15) is 5.75 Å². The van der Waals surface area contributed by atoms with Crippen molar-refractivity contribution in [2.24, 2.45) is 5.92 Å². The molecule has 0 aliphatic heterocycles. The summed E-state index contributed by atoms with van der Waals surface area (Å²) < 4.78 is 11.0. The summed E-state index contributed by atoms with van der Waals surface area (Å²) in [7, 11) is 1.61. The Labute approximate surface area is 126 Å². The molecule has 2 rings (SSSR count). The predicted octanol–water partition coefficient (Wildman–Crippen LogP) is 3.02. The SMILES string of the molecule is COc1ccc(C(=O)NCCO[C@@H]2CCCC[C@H]2C)cc1. The van der Waals surface area contributed by atoms with E-state index in [1.807, 2.05) is 0 Å². The van der Waals surface area contributed by atoms with E-state index >= 15 is 0 Å². The van der Waals surface area contributed by atoms with Crippen LogP contribution in [-0.2, 0) is 4.74 Å². The summed E-state index contributed by atoms with van der Waals surface area (Å²) >= 11 is 0. The fourth-order valence-corrected chi connectivity index (χ4v) is 2.75. The first-order chi connectivity index (χ1) is 10.2. The summed E-state index contributed by atoms with van der Waals surface area (Å²) in [5.74, 6) is 1.31. The molecule has 1 N–H and O–H groups in total. The van der Waals surface area contributed by atoms with Crippen LogP contribution in [0.3, 0.4) is 0 Å². The molecule has 0 unspecified atom stereocenters. The number of benzene rings is 1. The molecule has 1 aromatic carbocycles. The maximum absolute atomic E-state index is 12.0. The van der Waals surface area contributed by atoms with Crippen LogP contribution in [0.2, 0.25) is 0 Å². The molecule has 0 heterocycles. The van der Waals surface area contributed by atoms with Gasteiger partial charge in [0, 0.05) is 12.1 Å². The standard InChI is InChI=1S/C17H25NO3/c1-13-5-3-4-6-16(13)21-12-11-18-17(19)14-7-9-15(20-2)10-8-14/h7-10,13,16H,3-6,11-12H2,1-2H3,(H,18,19)/t13-,16-/m1/s1. The fraction of sp³-hybridized carbons (Fsp3) is 0.588. The maximum atomic E-state index is 12.0. The van der Waals surface area contributed by atoms with Gasteiger partial charge in [-0.3, -0.25) is 4.79 Å². The lowest BCUT2D eigenvalue weighted by molar-refractivity contribution is -0.00293. The Bertz CT molecular complexity index is 444. The maximum Gasteiger partial charge on any atom is 0.251 e. The van der Waals surface area contributed by atoms with Crippen molar-refractivity contribution < 1.29 is 14.3 Å². The molecule has 0 bridgehead atoms. The van der Waals surface area contributed by atoms with Crippen LogP contribution in [0.5, 0.6) is 5.75 Å². The molecular weight excluding hydrogens is 266 g/mol. The molecule has 4 nitrogen and oxygen atoms in total. The van der Waals surface area contributed by atoms with E-state index in [-0.39, 0.29) is 5.91 Å². The molecule has 2 atom stereocenters. The Hall–Kier alpha value is -1.55. The monoisotopic (exact) mass is 291 g/mol. The quantitative estimate of drug-likeness (QED) is 0.820. The van der Waals surface area contributed by atoms with Gasteiger partial charge < -0.3 is 14.8 Å². The molecule has 0 radical (unpaired) electrons. The minimum absolute atomic E-state index is 0.0713. The molecule has 4 heteroatoms. The second-order valence-corrected chi connectivity index (χ2v) is 5.66. The van der Waals surface area contributed by atoms with Crippen molar-refractivity contribution in [2.75, 3.05) is 20.3 Å². The summed E-state index contributed by atoms with van der Waals surface area (Å²) in [6.45, 7) is 3.38. The minimum Gasteiger partial charge on any atom is -0.497 e. The Morgan fingerprint density at radius 1 is 1.24 bits per heavy atom. The Kier molecular flexibility index (Phi) is 6.05. The van der Waals surface area contributed by atoms with Crippen LogP contribution in [0.15, 0.2) is 24.3 Å². The highest BCUT2D eigenvalue weighted by atomic mass is 16.5. The molecule has 1 saturated carbocycles. The smallest absolute Gasteiger partial charge is 0.251 e. The highest BCUT2D eigenvalue weighted by Crippen LogP contribution is 2.25. The van der Waals surface area contributed by atoms with Crippen molar-refractivity contribution in [2.45, 2.75) is 38.7 Å². The van der Waals surface area contributed by atoms with Gasteiger partial charge >= 0.3 is 0 Å². The summed E-state index contributed by atoms with van der Waals surface area (Å²) in [6.07, 6.45) is 5.33. The molecule has 1 fully saturated rings. The van der Waals surface area contributed by atoms with Gasteiger partial charge in [-0.25, -0.2) is 0 Å². The third-order valence-corrected chi connectivity index (χ3v) is 4.10. The third-order valence-electron chi connectivity index (χ3n) is 4.10. The van der Waals surface area contributed by atoms with Gasteiger partial charge in [-0.2, -0.15) is 0 Å². The number of carbonyl (C=O) groups is 1. The fourth-order valence-electron chi connectivity index (χ4n) is 2.75. The van der Waals surface area contributed by atoms with E-state index in [1.165, 1.54) is 19.3 Å². The van der Waals surface area contributed by atoms with Crippen molar-refractivity contribution in [3.8, 4) is 5.75 Å².